The molecule has 0 amide bonds. The molecule has 41 heavy (non-hydrogen) atoms. The standard InChI is InChI=1S/C39H35BrO/c1-37(2,3)24-11-15-26(16-12-24)39(27-17-13-25(14-18-27)38(4,5)6)32-22-21-30-29-9-7-8-10-34(29)41-36(30)35(32)31-20-19-28(40)23-33(31)39/h7-23H,1-6H3. The van der Waals surface area contributed by atoms with E-state index < -0.39 is 5.41 Å². The van der Waals surface area contributed by atoms with Gasteiger partial charge in [0.15, 0.2) is 0 Å². The van der Waals surface area contributed by atoms with Crippen molar-refractivity contribution >= 4 is 37.9 Å². The van der Waals surface area contributed by atoms with E-state index in [2.05, 4.69) is 155 Å². The fourth-order valence-corrected chi connectivity index (χ4v) is 7.15. The second kappa shape index (κ2) is 8.94. The molecule has 1 aliphatic rings. The summed E-state index contributed by atoms with van der Waals surface area (Å²) in [4.78, 5) is 0. The quantitative estimate of drug-likeness (QED) is 0.193. The Morgan fingerprint density at radius 1 is 0.585 bits per heavy atom. The zero-order valence-corrected chi connectivity index (χ0v) is 26.2. The number of rotatable bonds is 2. The topological polar surface area (TPSA) is 13.1 Å². The van der Waals surface area contributed by atoms with Crippen LogP contribution in [0.4, 0.5) is 0 Å². The van der Waals surface area contributed by atoms with Gasteiger partial charge in [0.1, 0.15) is 11.2 Å². The van der Waals surface area contributed by atoms with Gasteiger partial charge in [0.25, 0.3) is 0 Å². The van der Waals surface area contributed by atoms with Gasteiger partial charge in [0.05, 0.1) is 5.41 Å². The number of furan rings is 1. The lowest BCUT2D eigenvalue weighted by molar-refractivity contribution is 0.588. The van der Waals surface area contributed by atoms with E-state index in [1.165, 1.54) is 44.5 Å². The number of halogens is 1. The summed E-state index contributed by atoms with van der Waals surface area (Å²) in [6.07, 6.45) is 0. The number of benzene rings is 5. The second-order valence-corrected chi connectivity index (χ2v) is 14.5. The van der Waals surface area contributed by atoms with Gasteiger partial charge >= 0.3 is 0 Å². The van der Waals surface area contributed by atoms with Crippen LogP contribution in [0, 0.1) is 0 Å². The molecule has 0 atom stereocenters. The largest absolute Gasteiger partial charge is 0.455 e. The Hall–Kier alpha value is -3.62. The predicted octanol–water partition coefficient (Wildman–Crippen LogP) is 11.3. The van der Waals surface area contributed by atoms with E-state index in [1.807, 2.05) is 6.07 Å². The predicted molar refractivity (Wildman–Crippen MR) is 176 cm³/mol. The van der Waals surface area contributed by atoms with Crippen LogP contribution < -0.4 is 0 Å². The third-order valence-corrected chi connectivity index (χ3v) is 9.47. The first-order valence-corrected chi connectivity index (χ1v) is 15.3. The number of hydrogen-bond donors (Lipinski definition) is 0. The van der Waals surface area contributed by atoms with E-state index in [1.54, 1.807) is 0 Å². The van der Waals surface area contributed by atoms with Crippen molar-refractivity contribution in [3.05, 3.63) is 141 Å². The van der Waals surface area contributed by atoms with Crippen molar-refractivity contribution in [1.29, 1.82) is 0 Å². The molecular weight excluding hydrogens is 564 g/mol. The maximum atomic E-state index is 6.66. The maximum Gasteiger partial charge on any atom is 0.143 e. The van der Waals surface area contributed by atoms with Crippen LogP contribution in [0.1, 0.15) is 74.9 Å². The molecule has 1 heterocycles. The van der Waals surface area contributed by atoms with Crippen molar-refractivity contribution in [2.45, 2.75) is 57.8 Å². The van der Waals surface area contributed by atoms with Crippen LogP contribution in [0.25, 0.3) is 33.1 Å². The Morgan fingerprint density at radius 2 is 1.17 bits per heavy atom. The fraction of sp³-hybridized carbons (Fsp3) is 0.231. The zero-order chi connectivity index (χ0) is 28.7. The number of para-hydroxylation sites is 1. The Kier molecular flexibility index (Phi) is 5.73. The van der Waals surface area contributed by atoms with Crippen molar-refractivity contribution in [3.8, 4) is 11.1 Å². The molecule has 0 spiro atoms. The minimum absolute atomic E-state index is 0.0784. The van der Waals surface area contributed by atoms with Gasteiger partial charge in [-0.15, -0.1) is 0 Å². The van der Waals surface area contributed by atoms with Crippen molar-refractivity contribution in [3.63, 3.8) is 0 Å². The van der Waals surface area contributed by atoms with Crippen LogP contribution in [0.3, 0.4) is 0 Å². The Bertz CT molecular complexity index is 1880. The summed E-state index contributed by atoms with van der Waals surface area (Å²) in [7, 11) is 0. The molecule has 0 aliphatic heterocycles. The highest BCUT2D eigenvalue weighted by atomic mass is 79.9. The molecule has 0 radical (unpaired) electrons. The van der Waals surface area contributed by atoms with Crippen molar-refractivity contribution in [2.24, 2.45) is 0 Å². The summed E-state index contributed by atoms with van der Waals surface area (Å²) in [5, 5.41) is 2.32. The molecule has 1 aliphatic carbocycles. The minimum atomic E-state index is -0.492. The van der Waals surface area contributed by atoms with Crippen LogP contribution in [-0.4, -0.2) is 0 Å². The lowest BCUT2D eigenvalue weighted by atomic mass is 9.67. The molecule has 7 rings (SSSR count). The summed E-state index contributed by atoms with van der Waals surface area (Å²) in [6, 6.07) is 38.4. The SMILES string of the molecule is CC(C)(C)c1ccc(C2(c3ccc(C(C)(C)C)cc3)c3cc(Br)ccc3-c3c2ccc2c3oc3ccccc32)cc1. The summed E-state index contributed by atoms with van der Waals surface area (Å²) in [6.45, 7) is 13.7. The van der Waals surface area contributed by atoms with Crippen LogP contribution in [0.5, 0.6) is 0 Å². The molecule has 1 nitrogen and oxygen atoms in total. The zero-order valence-electron chi connectivity index (χ0n) is 24.6. The van der Waals surface area contributed by atoms with Gasteiger partial charge in [-0.1, -0.05) is 142 Å². The monoisotopic (exact) mass is 598 g/mol. The summed E-state index contributed by atoms with van der Waals surface area (Å²) >= 11 is 3.84. The lowest BCUT2D eigenvalue weighted by Gasteiger charge is -2.35. The first kappa shape index (κ1) is 26.3. The van der Waals surface area contributed by atoms with Crippen molar-refractivity contribution in [2.75, 3.05) is 0 Å². The Labute approximate surface area is 251 Å². The molecule has 0 bridgehead atoms. The second-order valence-electron chi connectivity index (χ2n) is 13.6. The first-order chi connectivity index (χ1) is 19.5. The molecule has 0 N–H and O–H groups in total. The van der Waals surface area contributed by atoms with Crippen LogP contribution in [0.2, 0.25) is 0 Å². The molecule has 6 aromatic rings. The van der Waals surface area contributed by atoms with Crippen molar-refractivity contribution < 1.29 is 4.42 Å². The van der Waals surface area contributed by atoms with Gasteiger partial charge in [0.2, 0.25) is 0 Å². The average Bonchev–Trinajstić information content (AvgIpc) is 3.46. The summed E-state index contributed by atoms with van der Waals surface area (Å²) < 4.78 is 7.74. The highest BCUT2D eigenvalue weighted by Gasteiger charge is 2.47. The number of fused-ring (bicyclic) bond motifs is 7. The third-order valence-electron chi connectivity index (χ3n) is 8.97. The Balaban J connectivity index is 1.62. The van der Waals surface area contributed by atoms with Gasteiger partial charge in [-0.25, -0.2) is 0 Å². The van der Waals surface area contributed by atoms with E-state index in [9.17, 15) is 0 Å². The van der Waals surface area contributed by atoms with Crippen LogP contribution in [-0.2, 0) is 16.2 Å². The minimum Gasteiger partial charge on any atom is -0.455 e. The van der Waals surface area contributed by atoms with Gasteiger partial charge in [0, 0.05) is 20.8 Å². The van der Waals surface area contributed by atoms with E-state index in [4.69, 9.17) is 4.42 Å². The molecule has 0 unspecified atom stereocenters. The van der Waals surface area contributed by atoms with E-state index in [0.29, 0.717) is 0 Å². The normalized spacial score (nSPS) is 14.4. The molecule has 0 saturated carbocycles. The first-order valence-electron chi connectivity index (χ1n) is 14.5. The summed E-state index contributed by atoms with van der Waals surface area (Å²) in [5.41, 5.74) is 11.7. The fourth-order valence-electron chi connectivity index (χ4n) is 6.79. The van der Waals surface area contributed by atoms with E-state index >= 15 is 0 Å². The third kappa shape index (κ3) is 3.87. The molecule has 1 aromatic heterocycles. The molecule has 5 aromatic carbocycles. The Morgan fingerprint density at radius 3 is 1.76 bits per heavy atom. The average molecular weight is 600 g/mol. The smallest absolute Gasteiger partial charge is 0.143 e. The van der Waals surface area contributed by atoms with Gasteiger partial charge in [-0.05, 0) is 68.0 Å². The van der Waals surface area contributed by atoms with E-state index in [-0.39, 0.29) is 10.8 Å². The lowest BCUT2D eigenvalue weighted by Crippen LogP contribution is -2.29. The van der Waals surface area contributed by atoms with Crippen LogP contribution >= 0.6 is 15.9 Å². The highest BCUT2D eigenvalue weighted by molar-refractivity contribution is 9.10. The maximum absolute atomic E-state index is 6.66. The van der Waals surface area contributed by atoms with Gasteiger partial charge < -0.3 is 4.42 Å². The number of hydrogen-bond acceptors (Lipinski definition) is 1. The van der Waals surface area contributed by atoms with E-state index in [0.717, 1.165) is 26.4 Å². The molecule has 0 fully saturated rings. The molecular formula is C39H35BrO. The van der Waals surface area contributed by atoms with Crippen LogP contribution in [0.15, 0.2) is 112 Å². The highest BCUT2D eigenvalue weighted by Crippen LogP contribution is 2.59. The van der Waals surface area contributed by atoms with Gasteiger partial charge in [-0.2, -0.15) is 0 Å². The van der Waals surface area contributed by atoms with Crippen molar-refractivity contribution in [1.82, 2.24) is 0 Å². The summed E-state index contributed by atoms with van der Waals surface area (Å²) in [5.74, 6) is 0. The molecule has 2 heteroatoms. The molecule has 0 saturated heterocycles. The van der Waals surface area contributed by atoms with Gasteiger partial charge in [-0.3, -0.25) is 0 Å². The molecule has 204 valence electrons.